The molecule has 0 aliphatic carbocycles. The lowest BCUT2D eigenvalue weighted by Gasteiger charge is -2.08. The highest BCUT2D eigenvalue weighted by Crippen LogP contribution is 2.31. The van der Waals surface area contributed by atoms with Crippen LogP contribution in [0.5, 0.6) is 11.6 Å². The van der Waals surface area contributed by atoms with Crippen LogP contribution < -0.4 is 15.2 Å². The van der Waals surface area contributed by atoms with Gasteiger partial charge in [-0.15, -0.1) is 0 Å². The van der Waals surface area contributed by atoms with E-state index in [0.717, 1.165) is 0 Å². The highest BCUT2D eigenvalue weighted by molar-refractivity contribution is 7.98. The summed E-state index contributed by atoms with van der Waals surface area (Å²) in [6.45, 7) is 0. The summed E-state index contributed by atoms with van der Waals surface area (Å²) in [4.78, 5) is 8.06. The zero-order chi connectivity index (χ0) is 9.84. The van der Waals surface area contributed by atoms with E-state index in [-0.39, 0.29) is 0 Å². The number of ether oxygens (including phenoxy) is 2. The van der Waals surface area contributed by atoms with Gasteiger partial charge < -0.3 is 15.2 Å². The van der Waals surface area contributed by atoms with Gasteiger partial charge in [0.15, 0.2) is 11.0 Å². The molecule has 1 aromatic heterocycles. The Labute approximate surface area is 80.7 Å². The van der Waals surface area contributed by atoms with Gasteiger partial charge in [-0.25, -0.2) is 4.98 Å². The van der Waals surface area contributed by atoms with Crippen LogP contribution in [0.4, 0.5) is 5.82 Å². The Kier molecular flexibility index (Phi) is 3.18. The molecule has 0 bridgehead atoms. The van der Waals surface area contributed by atoms with Crippen molar-refractivity contribution in [3.05, 3.63) is 0 Å². The van der Waals surface area contributed by atoms with E-state index in [4.69, 9.17) is 15.2 Å². The molecule has 0 amide bonds. The van der Waals surface area contributed by atoms with E-state index in [1.165, 1.54) is 26.0 Å². The number of methoxy groups -OCH3 is 2. The minimum absolute atomic E-state index is 0.290. The summed E-state index contributed by atoms with van der Waals surface area (Å²) >= 11 is 1.39. The molecule has 0 radical (unpaired) electrons. The number of thioether (sulfide) groups is 1. The third-order valence-corrected chi connectivity index (χ3v) is 1.97. The van der Waals surface area contributed by atoms with Crippen LogP contribution in [-0.2, 0) is 0 Å². The summed E-state index contributed by atoms with van der Waals surface area (Å²) in [5.41, 5.74) is 5.61. The van der Waals surface area contributed by atoms with E-state index in [9.17, 15) is 0 Å². The van der Waals surface area contributed by atoms with Gasteiger partial charge in [-0.05, 0) is 6.26 Å². The predicted molar refractivity (Wildman–Crippen MR) is 51.3 cm³/mol. The third kappa shape index (κ3) is 1.95. The second-order valence-electron chi connectivity index (χ2n) is 2.14. The third-order valence-electron chi connectivity index (χ3n) is 1.42. The smallest absolute Gasteiger partial charge is 0.263 e. The summed E-state index contributed by atoms with van der Waals surface area (Å²) in [6.07, 6.45) is 1.86. The minimum Gasteiger partial charge on any atom is -0.489 e. The fourth-order valence-corrected chi connectivity index (χ4v) is 1.21. The van der Waals surface area contributed by atoms with Crippen LogP contribution in [0.2, 0.25) is 0 Å². The summed E-state index contributed by atoms with van der Waals surface area (Å²) in [5.74, 6) is 1.03. The zero-order valence-electron chi connectivity index (χ0n) is 7.70. The standard InChI is InChI=1S/C7H11N3O2S/c1-11-4-5(8)9-7(13-3)10-6(4)12-2/h1-3H3,(H2,8,9,10). The molecule has 0 saturated carbocycles. The zero-order valence-corrected chi connectivity index (χ0v) is 8.51. The van der Waals surface area contributed by atoms with Gasteiger partial charge in [0.25, 0.3) is 5.88 Å². The normalized spacial score (nSPS) is 9.77. The van der Waals surface area contributed by atoms with Gasteiger partial charge in [-0.3, -0.25) is 0 Å². The number of hydrogen-bond acceptors (Lipinski definition) is 6. The molecular weight excluding hydrogens is 190 g/mol. The number of hydrogen-bond donors (Lipinski definition) is 1. The quantitative estimate of drug-likeness (QED) is 0.576. The molecule has 0 atom stereocenters. The van der Waals surface area contributed by atoms with Crippen LogP contribution in [0, 0.1) is 0 Å². The first-order chi connectivity index (χ1) is 6.22. The molecule has 0 spiro atoms. The number of nitrogens with zero attached hydrogens (tertiary/aromatic N) is 2. The van der Waals surface area contributed by atoms with E-state index < -0.39 is 0 Å². The molecule has 13 heavy (non-hydrogen) atoms. The molecule has 6 heteroatoms. The van der Waals surface area contributed by atoms with Crippen LogP contribution in [0.25, 0.3) is 0 Å². The van der Waals surface area contributed by atoms with E-state index in [1.807, 2.05) is 6.26 Å². The molecule has 1 heterocycles. The van der Waals surface area contributed by atoms with Crippen molar-refractivity contribution in [2.45, 2.75) is 5.16 Å². The molecule has 0 aliphatic heterocycles. The molecule has 0 unspecified atom stereocenters. The van der Waals surface area contributed by atoms with E-state index in [2.05, 4.69) is 9.97 Å². The molecule has 0 fully saturated rings. The first-order valence-electron chi connectivity index (χ1n) is 3.52. The summed E-state index contributed by atoms with van der Waals surface area (Å²) in [6, 6.07) is 0. The van der Waals surface area contributed by atoms with Crippen molar-refractivity contribution in [2.24, 2.45) is 0 Å². The Morgan fingerprint density at radius 1 is 1.23 bits per heavy atom. The molecule has 0 saturated heterocycles. The van der Waals surface area contributed by atoms with Crippen LogP contribution in [0.3, 0.4) is 0 Å². The van der Waals surface area contributed by atoms with Gasteiger partial charge >= 0.3 is 0 Å². The lowest BCUT2D eigenvalue weighted by atomic mass is 10.5. The molecule has 5 nitrogen and oxygen atoms in total. The minimum atomic E-state index is 0.290. The van der Waals surface area contributed by atoms with Gasteiger partial charge in [0.2, 0.25) is 5.75 Å². The maximum atomic E-state index is 5.61. The fourth-order valence-electron chi connectivity index (χ4n) is 0.848. The van der Waals surface area contributed by atoms with Gasteiger partial charge in [0, 0.05) is 0 Å². The monoisotopic (exact) mass is 201 g/mol. The Balaban J connectivity index is 3.20. The maximum absolute atomic E-state index is 5.61. The number of aromatic nitrogens is 2. The van der Waals surface area contributed by atoms with Gasteiger partial charge in [0.1, 0.15) is 0 Å². The Bertz CT molecular complexity index is 306. The summed E-state index contributed by atoms with van der Waals surface area (Å²) in [7, 11) is 3.00. The van der Waals surface area contributed by atoms with Crippen LogP contribution in [0.15, 0.2) is 5.16 Å². The van der Waals surface area contributed by atoms with Gasteiger partial charge in [-0.1, -0.05) is 11.8 Å². The lowest BCUT2D eigenvalue weighted by Crippen LogP contribution is -2.02. The van der Waals surface area contributed by atoms with Crippen molar-refractivity contribution in [3.8, 4) is 11.6 Å². The molecule has 0 aromatic carbocycles. The maximum Gasteiger partial charge on any atom is 0.263 e. The lowest BCUT2D eigenvalue weighted by molar-refractivity contribution is 0.339. The van der Waals surface area contributed by atoms with Gasteiger partial charge in [0.05, 0.1) is 14.2 Å². The number of nitrogens with two attached hydrogens (primary N) is 1. The second kappa shape index (κ2) is 4.18. The van der Waals surface area contributed by atoms with Crippen LogP contribution in [0.1, 0.15) is 0 Å². The average Bonchev–Trinajstić information content (AvgIpc) is 2.16. The van der Waals surface area contributed by atoms with Crippen molar-refractivity contribution in [3.63, 3.8) is 0 Å². The first-order valence-corrected chi connectivity index (χ1v) is 4.74. The molecular formula is C7H11N3O2S. The van der Waals surface area contributed by atoms with Crippen molar-refractivity contribution in [2.75, 3.05) is 26.2 Å². The number of anilines is 1. The predicted octanol–water partition coefficient (Wildman–Crippen LogP) is 0.798. The molecule has 72 valence electrons. The Morgan fingerprint density at radius 3 is 2.38 bits per heavy atom. The van der Waals surface area contributed by atoms with Crippen LogP contribution >= 0.6 is 11.8 Å². The van der Waals surface area contributed by atoms with E-state index in [0.29, 0.717) is 22.6 Å². The van der Waals surface area contributed by atoms with Crippen molar-refractivity contribution in [1.82, 2.24) is 9.97 Å². The van der Waals surface area contributed by atoms with Crippen molar-refractivity contribution in [1.29, 1.82) is 0 Å². The molecule has 1 aromatic rings. The average molecular weight is 201 g/mol. The SMILES string of the molecule is COc1nc(SC)nc(N)c1OC. The number of rotatable bonds is 3. The van der Waals surface area contributed by atoms with Crippen molar-refractivity contribution < 1.29 is 9.47 Å². The van der Waals surface area contributed by atoms with E-state index >= 15 is 0 Å². The molecule has 2 N–H and O–H groups in total. The fraction of sp³-hybridized carbons (Fsp3) is 0.429. The largest absolute Gasteiger partial charge is 0.489 e. The molecule has 0 aliphatic rings. The van der Waals surface area contributed by atoms with Crippen molar-refractivity contribution >= 4 is 17.6 Å². The molecule has 1 rings (SSSR count). The second-order valence-corrected chi connectivity index (χ2v) is 2.91. The Hall–Kier alpha value is -1.17. The van der Waals surface area contributed by atoms with E-state index in [1.54, 1.807) is 0 Å². The topological polar surface area (TPSA) is 70.3 Å². The summed E-state index contributed by atoms with van der Waals surface area (Å²) < 4.78 is 9.97. The summed E-state index contributed by atoms with van der Waals surface area (Å²) in [5, 5.41) is 0.565. The first kappa shape index (κ1) is 9.91. The number of nitrogen functional groups attached to an aromatic ring is 1. The highest BCUT2D eigenvalue weighted by Gasteiger charge is 2.12. The van der Waals surface area contributed by atoms with Gasteiger partial charge in [-0.2, -0.15) is 4.98 Å². The van der Waals surface area contributed by atoms with Crippen LogP contribution in [-0.4, -0.2) is 30.4 Å². The Morgan fingerprint density at radius 2 is 1.92 bits per heavy atom. The highest BCUT2D eigenvalue weighted by atomic mass is 32.2.